The molecular weight excluding hydrogens is 264 g/mol. The summed E-state index contributed by atoms with van der Waals surface area (Å²) in [6.07, 6.45) is 1.44. The Balaban J connectivity index is 2.20. The second kappa shape index (κ2) is 5.99. The van der Waals surface area contributed by atoms with Crippen LogP contribution in [0.1, 0.15) is 33.3 Å². The van der Waals surface area contributed by atoms with Crippen molar-refractivity contribution in [3.8, 4) is 5.88 Å². The van der Waals surface area contributed by atoms with Crippen molar-refractivity contribution >= 4 is 17.2 Å². The summed E-state index contributed by atoms with van der Waals surface area (Å²) in [5.41, 5.74) is 8.76. The minimum absolute atomic E-state index is 0.134. The van der Waals surface area contributed by atoms with Crippen LogP contribution in [-0.4, -0.2) is 16.6 Å². The van der Waals surface area contributed by atoms with Crippen LogP contribution in [0.5, 0.6) is 5.88 Å². The average molecular weight is 286 g/mol. The summed E-state index contributed by atoms with van der Waals surface area (Å²) in [4.78, 5) is 8.18. The third kappa shape index (κ3) is 3.62. The molecule has 1 heterocycles. The molecule has 0 aliphatic heterocycles. The summed E-state index contributed by atoms with van der Waals surface area (Å²) in [5.74, 6) is 0.957. The molecule has 0 aliphatic rings. The fraction of sp³-hybridized carbons (Fsp3) is 0.375. The Kier molecular flexibility index (Phi) is 4.31. The fourth-order valence-electron chi connectivity index (χ4n) is 1.92. The molecule has 5 nitrogen and oxygen atoms in total. The van der Waals surface area contributed by atoms with Gasteiger partial charge in [0.25, 0.3) is 0 Å². The van der Waals surface area contributed by atoms with Gasteiger partial charge in [-0.1, -0.05) is 32.9 Å². The van der Waals surface area contributed by atoms with Crippen LogP contribution < -0.4 is 15.8 Å². The van der Waals surface area contributed by atoms with Gasteiger partial charge in [0.1, 0.15) is 12.0 Å². The molecule has 0 saturated carbocycles. The number of ether oxygens (including phenoxy) is 1. The summed E-state index contributed by atoms with van der Waals surface area (Å²) in [6, 6.07) is 8.23. The van der Waals surface area contributed by atoms with Crippen LogP contribution in [0.25, 0.3) is 0 Å². The number of benzene rings is 1. The maximum Gasteiger partial charge on any atom is 0.242 e. The lowest BCUT2D eigenvalue weighted by atomic mass is 9.87. The highest BCUT2D eigenvalue weighted by molar-refractivity contribution is 5.72. The van der Waals surface area contributed by atoms with Crippen LogP contribution in [0.15, 0.2) is 30.6 Å². The number of nitrogen functional groups attached to an aromatic ring is 1. The van der Waals surface area contributed by atoms with Crippen LogP contribution >= 0.6 is 0 Å². The van der Waals surface area contributed by atoms with Gasteiger partial charge in [-0.15, -0.1) is 0 Å². The van der Waals surface area contributed by atoms with Crippen LogP contribution in [0.2, 0.25) is 0 Å². The van der Waals surface area contributed by atoms with Gasteiger partial charge in [0, 0.05) is 5.69 Å². The first-order valence-electron chi connectivity index (χ1n) is 7.02. The Hall–Kier alpha value is -2.30. The maximum atomic E-state index is 6.00. The van der Waals surface area contributed by atoms with Crippen molar-refractivity contribution in [1.29, 1.82) is 0 Å². The molecule has 0 saturated heterocycles. The van der Waals surface area contributed by atoms with Crippen molar-refractivity contribution in [3.05, 3.63) is 36.2 Å². The van der Waals surface area contributed by atoms with Crippen LogP contribution in [-0.2, 0) is 5.41 Å². The van der Waals surface area contributed by atoms with E-state index in [1.165, 1.54) is 11.9 Å². The molecule has 1 aromatic heterocycles. The highest BCUT2D eigenvalue weighted by Gasteiger charge is 2.13. The third-order valence-corrected chi connectivity index (χ3v) is 3.14. The monoisotopic (exact) mass is 286 g/mol. The zero-order valence-corrected chi connectivity index (χ0v) is 13.0. The number of hydrogen-bond donors (Lipinski definition) is 2. The molecular formula is C16H22N4O. The largest absolute Gasteiger partial charge is 0.476 e. The van der Waals surface area contributed by atoms with Gasteiger partial charge in [0.2, 0.25) is 5.88 Å². The molecule has 3 N–H and O–H groups in total. The van der Waals surface area contributed by atoms with Crippen molar-refractivity contribution in [3.63, 3.8) is 0 Å². The van der Waals surface area contributed by atoms with E-state index in [2.05, 4.69) is 48.2 Å². The topological polar surface area (TPSA) is 73.1 Å². The quantitative estimate of drug-likeness (QED) is 0.900. The van der Waals surface area contributed by atoms with Gasteiger partial charge in [0.05, 0.1) is 6.61 Å². The summed E-state index contributed by atoms with van der Waals surface area (Å²) >= 11 is 0. The van der Waals surface area contributed by atoms with Crippen molar-refractivity contribution in [1.82, 2.24) is 9.97 Å². The molecule has 2 rings (SSSR count). The minimum atomic E-state index is 0.134. The van der Waals surface area contributed by atoms with E-state index in [9.17, 15) is 0 Å². The molecule has 112 valence electrons. The molecule has 0 fully saturated rings. The number of aromatic nitrogens is 2. The zero-order chi connectivity index (χ0) is 15.5. The first-order chi connectivity index (χ1) is 9.91. The molecule has 0 bridgehead atoms. The Labute approximate surface area is 125 Å². The second-order valence-electron chi connectivity index (χ2n) is 5.83. The van der Waals surface area contributed by atoms with Gasteiger partial charge in [-0.3, -0.25) is 0 Å². The van der Waals surface area contributed by atoms with E-state index in [1.807, 2.05) is 19.1 Å². The van der Waals surface area contributed by atoms with Gasteiger partial charge >= 0.3 is 0 Å². The molecule has 21 heavy (non-hydrogen) atoms. The van der Waals surface area contributed by atoms with E-state index in [4.69, 9.17) is 10.5 Å². The Morgan fingerprint density at radius 1 is 1.14 bits per heavy atom. The van der Waals surface area contributed by atoms with E-state index in [-0.39, 0.29) is 5.41 Å². The van der Waals surface area contributed by atoms with E-state index in [0.29, 0.717) is 24.0 Å². The van der Waals surface area contributed by atoms with Crippen LogP contribution in [0.4, 0.5) is 17.2 Å². The van der Waals surface area contributed by atoms with Crippen molar-refractivity contribution in [2.24, 2.45) is 0 Å². The molecule has 0 unspecified atom stereocenters. The predicted octanol–water partition coefficient (Wildman–Crippen LogP) is 3.50. The lowest BCUT2D eigenvalue weighted by Gasteiger charge is -2.19. The number of nitrogens with one attached hydrogen (secondary N) is 1. The summed E-state index contributed by atoms with van der Waals surface area (Å²) < 4.78 is 5.36. The molecule has 0 aliphatic carbocycles. The highest BCUT2D eigenvalue weighted by atomic mass is 16.5. The summed E-state index contributed by atoms with van der Waals surface area (Å²) in [5, 5.41) is 3.19. The first-order valence-corrected chi connectivity index (χ1v) is 7.02. The number of nitrogens with zero attached hydrogens (tertiary/aromatic N) is 2. The van der Waals surface area contributed by atoms with E-state index in [1.54, 1.807) is 0 Å². The SMILES string of the molecule is CCOc1ncnc(Nc2ccc(C(C)(C)C)cc2)c1N. The summed E-state index contributed by atoms with van der Waals surface area (Å²) in [7, 11) is 0. The molecule has 0 amide bonds. The Bertz CT molecular complexity index is 603. The molecule has 2 aromatic rings. The molecule has 5 heteroatoms. The minimum Gasteiger partial charge on any atom is -0.476 e. The van der Waals surface area contributed by atoms with Crippen molar-refractivity contribution in [2.75, 3.05) is 17.7 Å². The standard InChI is InChI=1S/C16H22N4O/c1-5-21-15-13(17)14(18-10-19-15)20-12-8-6-11(7-9-12)16(2,3)4/h6-10H,5,17H2,1-4H3,(H,18,19,20). The normalized spacial score (nSPS) is 11.2. The van der Waals surface area contributed by atoms with Crippen molar-refractivity contribution in [2.45, 2.75) is 33.1 Å². The smallest absolute Gasteiger partial charge is 0.242 e. The molecule has 0 spiro atoms. The third-order valence-electron chi connectivity index (χ3n) is 3.14. The van der Waals surface area contributed by atoms with Gasteiger partial charge in [-0.2, -0.15) is 4.98 Å². The number of nitrogens with two attached hydrogens (primary N) is 1. The second-order valence-corrected chi connectivity index (χ2v) is 5.83. The zero-order valence-electron chi connectivity index (χ0n) is 13.0. The van der Waals surface area contributed by atoms with Gasteiger partial charge in [0.15, 0.2) is 5.82 Å². The van der Waals surface area contributed by atoms with Crippen LogP contribution in [0, 0.1) is 0 Å². The van der Waals surface area contributed by atoms with Gasteiger partial charge in [-0.25, -0.2) is 4.98 Å². The van der Waals surface area contributed by atoms with Gasteiger partial charge < -0.3 is 15.8 Å². The van der Waals surface area contributed by atoms with Gasteiger partial charge in [-0.05, 0) is 30.0 Å². The van der Waals surface area contributed by atoms with E-state index < -0.39 is 0 Å². The number of hydrogen-bond acceptors (Lipinski definition) is 5. The number of anilines is 3. The molecule has 0 atom stereocenters. The van der Waals surface area contributed by atoms with Crippen LogP contribution in [0.3, 0.4) is 0 Å². The lowest BCUT2D eigenvalue weighted by Crippen LogP contribution is -2.10. The van der Waals surface area contributed by atoms with E-state index in [0.717, 1.165) is 5.69 Å². The Morgan fingerprint density at radius 3 is 2.38 bits per heavy atom. The molecule has 1 aromatic carbocycles. The highest BCUT2D eigenvalue weighted by Crippen LogP contribution is 2.29. The van der Waals surface area contributed by atoms with E-state index >= 15 is 0 Å². The maximum absolute atomic E-state index is 6.00. The lowest BCUT2D eigenvalue weighted by molar-refractivity contribution is 0.328. The first kappa shape index (κ1) is 15.1. The predicted molar refractivity (Wildman–Crippen MR) is 86.0 cm³/mol. The summed E-state index contributed by atoms with van der Waals surface area (Å²) in [6.45, 7) is 8.96. The fourth-order valence-corrected chi connectivity index (χ4v) is 1.92. The average Bonchev–Trinajstić information content (AvgIpc) is 2.43. The Morgan fingerprint density at radius 2 is 1.81 bits per heavy atom. The molecule has 0 radical (unpaired) electrons. The van der Waals surface area contributed by atoms with Crippen molar-refractivity contribution < 1.29 is 4.74 Å². The number of rotatable bonds is 4.